The van der Waals surface area contributed by atoms with Crippen LogP contribution in [0, 0.1) is 0 Å². The summed E-state index contributed by atoms with van der Waals surface area (Å²) in [6, 6.07) is 34.4. The first-order chi connectivity index (χ1) is 20.4. The fourth-order valence-electron chi connectivity index (χ4n) is 4.16. The Hall–Kier alpha value is -3.19. The third-order valence-electron chi connectivity index (χ3n) is 7.03. The third kappa shape index (κ3) is 12.1. The number of rotatable bonds is 10. The molecule has 6 N–H and O–H groups in total. The van der Waals surface area contributed by atoms with E-state index in [0.29, 0.717) is 6.10 Å². The van der Waals surface area contributed by atoms with Gasteiger partial charge in [-0.3, -0.25) is 0 Å². The van der Waals surface area contributed by atoms with Crippen LogP contribution >= 0.6 is 0 Å². The molecule has 6 nitrogen and oxygen atoms in total. The molecule has 0 spiro atoms. The van der Waals surface area contributed by atoms with Crippen LogP contribution in [0.3, 0.4) is 0 Å². The van der Waals surface area contributed by atoms with Crippen LogP contribution in [0.4, 0.5) is 17.1 Å². The summed E-state index contributed by atoms with van der Waals surface area (Å²) >= 11 is 0. The third-order valence-corrected chi connectivity index (χ3v) is 15.0. The van der Waals surface area contributed by atoms with Crippen LogP contribution in [0.25, 0.3) is 0 Å². The molecule has 4 aromatic carbocycles. The molecule has 0 saturated heterocycles. The molecule has 0 bridgehead atoms. The lowest BCUT2D eigenvalue weighted by Gasteiger charge is -2.26. The zero-order valence-electron chi connectivity index (χ0n) is 27.0. The minimum absolute atomic E-state index is 0.342. The topological polar surface area (TPSA) is 106 Å². The Balaban J connectivity index is 0.000000229. The molecule has 9 heteroatoms. The highest BCUT2D eigenvalue weighted by Crippen LogP contribution is 2.09. The highest BCUT2D eigenvalue weighted by Gasteiger charge is 2.32. The Morgan fingerprint density at radius 2 is 1.09 bits per heavy atom. The van der Waals surface area contributed by atoms with E-state index in [4.69, 9.17) is 30.5 Å². The van der Waals surface area contributed by atoms with E-state index in [9.17, 15) is 0 Å². The fourth-order valence-corrected chi connectivity index (χ4v) is 9.40. The first-order valence-corrected chi connectivity index (χ1v) is 21.4. The predicted octanol–water partition coefficient (Wildman–Crippen LogP) is 4.12. The number of benzene rings is 4. The van der Waals surface area contributed by atoms with Gasteiger partial charge < -0.3 is 30.5 Å². The zero-order chi connectivity index (χ0) is 31.9. The molecule has 0 aliphatic heterocycles. The largest absolute Gasteiger partial charge is 0.416 e. The molecule has 0 radical (unpaired) electrons. The maximum atomic E-state index is 5.90. The van der Waals surface area contributed by atoms with E-state index in [0.717, 1.165) is 30.1 Å². The van der Waals surface area contributed by atoms with Gasteiger partial charge in [0.25, 0.3) is 8.32 Å². The second kappa shape index (κ2) is 17.8. The van der Waals surface area contributed by atoms with Crippen molar-refractivity contribution in [3.63, 3.8) is 0 Å². The van der Waals surface area contributed by atoms with E-state index in [1.807, 2.05) is 54.6 Å². The zero-order valence-corrected chi connectivity index (χ0v) is 30.4. The van der Waals surface area contributed by atoms with E-state index in [1.165, 1.54) is 20.7 Å². The SMILES string of the molecule is CC(C)O[SiH2]c1ccc(N)cc1.CCCO[Si](C)(C)c1ccc(N)cc1.CO[Si](C)(c1ccccc1)c1ccc(N)cc1. The molecule has 0 amide bonds. The quantitative estimate of drug-likeness (QED) is 0.179. The van der Waals surface area contributed by atoms with Gasteiger partial charge in [0.15, 0.2) is 9.76 Å². The van der Waals surface area contributed by atoms with Crippen molar-refractivity contribution in [1.29, 1.82) is 0 Å². The van der Waals surface area contributed by atoms with Crippen molar-refractivity contribution in [2.24, 2.45) is 0 Å². The molecule has 0 fully saturated rings. The first kappa shape index (κ1) is 36.0. The van der Waals surface area contributed by atoms with Gasteiger partial charge in [-0.05, 0) is 97.1 Å². The fraction of sp³-hybridized carbons (Fsp3) is 0.294. The number of nitrogens with two attached hydrogens (primary N) is 3. The Kier molecular flexibility index (Phi) is 14.9. The highest BCUT2D eigenvalue weighted by atomic mass is 28.4. The molecule has 0 aromatic heterocycles. The monoisotopic (exact) mass is 633 g/mol. The molecule has 4 rings (SSSR count). The van der Waals surface area contributed by atoms with Crippen molar-refractivity contribution >= 4 is 64.2 Å². The minimum Gasteiger partial charge on any atom is -0.416 e. The molecule has 232 valence electrons. The summed E-state index contributed by atoms with van der Waals surface area (Å²) in [5.41, 5.74) is 19.3. The van der Waals surface area contributed by atoms with E-state index in [-0.39, 0.29) is 0 Å². The van der Waals surface area contributed by atoms with E-state index < -0.39 is 26.4 Å². The predicted molar refractivity (Wildman–Crippen MR) is 195 cm³/mol. The average molecular weight is 634 g/mol. The van der Waals surface area contributed by atoms with Gasteiger partial charge in [-0.25, -0.2) is 0 Å². The van der Waals surface area contributed by atoms with Crippen molar-refractivity contribution in [3.8, 4) is 0 Å². The summed E-state index contributed by atoms with van der Waals surface area (Å²) in [6.07, 6.45) is 1.42. The van der Waals surface area contributed by atoms with Crippen LogP contribution in [-0.4, -0.2) is 46.2 Å². The smallest absolute Gasteiger partial charge is 0.252 e. The van der Waals surface area contributed by atoms with E-state index in [2.05, 4.69) is 88.9 Å². The van der Waals surface area contributed by atoms with Crippen LogP contribution in [0.2, 0.25) is 19.6 Å². The molecule has 0 heterocycles. The van der Waals surface area contributed by atoms with Crippen LogP contribution < -0.4 is 37.9 Å². The Bertz CT molecular complexity index is 1320. The Morgan fingerprint density at radius 1 is 0.651 bits per heavy atom. The van der Waals surface area contributed by atoms with Crippen LogP contribution in [-0.2, 0) is 13.3 Å². The molecular formula is C34H51N3O3Si3. The average Bonchev–Trinajstić information content (AvgIpc) is 3.01. The number of nitrogen functional groups attached to an aromatic ring is 3. The van der Waals surface area contributed by atoms with Crippen molar-refractivity contribution in [2.45, 2.75) is 52.9 Å². The molecule has 43 heavy (non-hydrogen) atoms. The molecule has 4 aromatic rings. The van der Waals surface area contributed by atoms with Gasteiger partial charge in [0.2, 0.25) is 8.32 Å². The standard InChI is InChI=1S/C14H17NOSi.C11H19NOSi.C9H15NOSi/c1-16-17(2,13-6-4-3-5-7-13)14-10-8-12(15)9-11-14;1-4-9-13-14(2,3)11-7-5-10(12)6-8-11;1-7(2)11-12-9-5-3-8(10)4-6-9/h3-11H,15H2,1-2H3;5-8H,4,9,12H2,1-3H3;3-7H,10,12H2,1-2H3. The van der Waals surface area contributed by atoms with E-state index in [1.54, 1.807) is 7.11 Å². The van der Waals surface area contributed by atoms with Crippen molar-refractivity contribution in [2.75, 3.05) is 30.9 Å². The van der Waals surface area contributed by atoms with Crippen molar-refractivity contribution < 1.29 is 13.3 Å². The van der Waals surface area contributed by atoms with Gasteiger partial charge in [0.05, 0.1) is 0 Å². The summed E-state index contributed by atoms with van der Waals surface area (Å²) in [7, 11) is -2.48. The van der Waals surface area contributed by atoms with Gasteiger partial charge in [-0.15, -0.1) is 0 Å². The summed E-state index contributed by atoms with van der Waals surface area (Å²) in [6.45, 7) is 13.7. The lowest BCUT2D eigenvalue weighted by atomic mass is 10.3. The minimum atomic E-state index is -2.05. The lowest BCUT2D eigenvalue weighted by molar-refractivity contribution is 0.260. The summed E-state index contributed by atoms with van der Waals surface area (Å²) in [5.74, 6) is 0. The molecule has 1 atom stereocenters. The van der Waals surface area contributed by atoms with Gasteiger partial charge >= 0.3 is 0 Å². The maximum absolute atomic E-state index is 5.90. The van der Waals surface area contributed by atoms with Crippen molar-refractivity contribution in [1.82, 2.24) is 0 Å². The lowest BCUT2D eigenvalue weighted by Crippen LogP contribution is -2.57. The molecule has 0 aliphatic carbocycles. The van der Waals surface area contributed by atoms with E-state index >= 15 is 0 Å². The van der Waals surface area contributed by atoms with Crippen LogP contribution in [0.1, 0.15) is 27.2 Å². The Labute approximate surface area is 263 Å². The van der Waals surface area contributed by atoms with Crippen LogP contribution in [0.15, 0.2) is 103 Å². The van der Waals surface area contributed by atoms with Gasteiger partial charge in [0, 0.05) is 36.9 Å². The van der Waals surface area contributed by atoms with Gasteiger partial charge in [-0.1, -0.05) is 73.7 Å². The Morgan fingerprint density at radius 3 is 1.53 bits per heavy atom. The summed E-state index contributed by atoms with van der Waals surface area (Å²) in [5, 5.41) is 5.12. The second-order valence-corrected chi connectivity index (χ2v) is 20.3. The highest BCUT2D eigenvalue weighted by molar-refractivity contribution is 6.96. The van der Waals surface area contributed by atoms with Gasteiger partial charge in [-0.2, -0.15) is 0 Å². The molecule has 0 saturated carbocycles. The maximum Gasteiger partial charge on any atom is 0.252 e. The number of anilines is 3. The molecular weight excluding hydrogens is 583 g/mol. The first-order valence-electron chi connectivity index (χ1n) is 14.8. The number of hydrogen-bond donors (Lipinski definition) is 3. The molecule has 0 aliphatic rings. The van der Waals surface area contributed by atoms with Crippen LogP contribution in [0.5, 0.6) is 0 Å². The molecule has 1 unspecified atom stereocenters. The normalized spacial score (nSPS) is 12.7. The summed E-state index contributed by atoms with van der Waals surface area (Å²) < 4.78 is 17.3. The summed E-state index contributed by atoms with van der Waals surface area (Å²) in [4.78, 5) is 0. The van der Waals surface area contributed by atoms with Crippen molar-refractivity contribution in [3.05, 3.63) is 103 Å². The second-order valence-electron chi connectivity index (χ2n) is 11.3. The number of hydrogen-bond acceptors (Lipinski definition) is 6. The van der Waals surface area contributed by atoms with Gasteiger partial charge in [0.1, 0.15) is 0 Å².